The number of hydrogen-bond donors (Lipinski definition) is 2. The minimum atomic E-state index is -0.682. The number of primary amides is 1. The first-order valence-electron chi connectivity index (χ1n) is 9.41. The molecule has 0 aliphatic heterocycles. The quantitative estimate of drug-likeness (QED) is 0.279. The van der Waals surface area contributed by atoms with Gasteiger partial charge in [-0.3, -0.25) is 14.2 Å². The molecule has 0 saturated carbocycles. The summed E-state index contributed by atoms with van der Waals surface area (Å²) >= 11 is 2.13. The number of rotatable bonds is 9. The van der Waals surface area contributed by atoms with Gasteiger partial charge in [-0.25, -0.2) is 4.79 Å². The van der Waals surface area contributed by atoms with Crippen LogP contribution in [0.15, 0.2) is 48.1 Å². The molecule has 2 heterocycles. The van der Waals surface area contributed by atoms with E-state index in [0.29, 0.717) is 23.1 Å². The number of aromatic nitrogens is 3. The Balaban J connectivity index is 1.78. The van der Waals surface area contributed by atoms with Crippen LogP contribution in [0.4, 0.5) is 5.00 Å². The molecule has 0 aliphatic carbocycles. The zero-order valence-corrected chi connectivity index (χ0v) is 19.1. The van der Waals surface area contributed by atoms with Gasteiger partial charge in [0.25, 0.3) is 5.91 Å². The summed E-state index contributed by atoms with van der Waals surface area (Å²) in [6.07, 6.45) is 1.72. The second-order valence-electron chi connectivity index (χ2n) is 6.52. The Bertz CT molecular complexity index is 1170. The van der Waals surface area contributed by atoms with Crippen LogP contribution in [0.3, 0.4) is 0 Å². The van der Waals surface area contributed by atoms with Gasteiger partial charge in [-0.1, -0.05) is 48.2 Å². The number of nitrogens with two attached hydrogens (primary N) is 1. The standard InChI is InChI=1S/C21H21N5O4S2/c1-4-10-26-18(13-8-6-5-7-9-13)24-25-21(26)31-11-14(27)23-19-15(20(29)30-3)12(2)16(32-19)17(22)28/h4-9H,1,10-11H2,2-3H3,(H2,22,28)(H,23,27). The molecule has 3 aromatic rings. The Hall–Kier alpha value is -3.44. The number of thiophene rings is 1. The van der Waals surface area contributed by atoms with Crippen LogP contribution in [0.25, 0.3) is 11.4 Å². The van der Waals surface area contributed by atoms with Crippen molar-refractivity contribution < 1.29 is 19.1 Å². The lowest BCUT2D eigenvalue weighted by molar-refractivity contribution is -0.113. The van der Waals surface area contributed by atoms with E-state index < -0.39 is 11.9 Å². The molecular formula is C21H21N5O4S2. The molecule has 9 nitrogen and oxygen atoms in total. The van der Waals surface area contributed by atoms with E-state index in [0.717, 1.165) is 16.9 Å². The Morgan fingerprint density at radius 2 is 2.00 bits per heavy atom. The first-order chi connectivity index (χ1) is 15.4. The topological polar surface area (TPSA) is 129 Å². The van der Waals surface area contributed by atoms with E-state index in [1.54, 1.807) is 13.0 Å². The third-order valence-electron chi connectivity index (χ3n) is 4.41. The van der Waals surface area contributed by atoms with E-state index in [9.17, 15) is 14.4 Å². The summed E-state index contributed by atoms with van der Waals surface area (Å²) in [6, 6.07) is 9.58. The summed E-state index contributed by atoms with van der Waals surface area (Å²) in [6.45, 7) is 5.83. The monoisotopic (exact) mass is 471 g/mol. The number of allylic oxidation sites excluding steroid dienone is 1. The van der Waals surface area contributed by atoms with E-state index in [-0.39, 0.29) is 27.1 Å². The molecule has 0 saturated heterocycles. The van der Waals surface area contributed by atoms with Crippen LogP contribution < -0.4 is 11.1 Å². The van der Waals surface area contributed by atoms with E-state index >= 15 is 0 Å². The zero-order chi connectivity index (χ0) is 23.3. The molecule has 166 valence electrons. The summed E-state index contributed by atoms with van der Waals surface area (Å²) in [7, 11) is 1.22. The Labute approximate surface area is 192 Å². The van der Waals surface area contributed by atoms with Crippen LogP contribution in [-0.2, 0) is 16.1 Å². The van der Waals surface area contributed by atoms with Crippen LogP contribution in [0, 0.1) is 6.92 Å². The van der Waals surface area contributed by atoms with Crippen LogP contribution >= 0.6 is 23.1 Å². The summed E-state index contributed by atoms with van der Waals surface area (Å²) in [5.41, 5.74) is 6.76. The maximum Gasteiger partial charge on any atom is 0.341 e. The Kier molecular flexibility index (Phi) is 7.44. The number of thioether (sulfide) groups is 1. The summed E-state index contributed by atoms with van der Waals surface area (Å²) < 4.78 is 6.64. The normalized spacial score (nSPS) is 10.6. The van der Waals surface area contributed by atoms with E-state index in [1.165, 1.54) is 18.9 Å². The second-order valence-corrected chi connectivity index (χ2v) is 8.49. The smallest absolute Gasteiger partial charge is 0.341 e. The fraction of sp³-hybridized carbons (Fsp3) is 0.190. The molecule has 0 unspecified atom stereocenters. The lowest BCUT2D eigenvalue weighted by Gasteiger charge is -2.08. The number of amides is 2. The van der Waals surface area contributed by atoms with Crippen molar-refractivity contribution >= 4 is 45.9 Å². The lowest BCUT2D eigenvalue weighted by Crippen LogP contribution is -2.16. The predicted molar refractivity (Wildman–Crippen MR) is 124 cm³/mol. The van der Waals surface area contributed by atoms with Crippen molar-refractivity contribution in [3.8, 4) is 11.4 Å². The van der Waals surface area contributed by atoms with Gasteiger partial charge in [0.05, 0.1) is 23.3 Å². The molecule has 0 fully saturated rings. The number of ether oxygens (including phenoxy) is 1. The number of hydrogen-bond acceptors (Lipinski definition) is 8. The number of nitrogens with one attached hydrogen (secondary N) is 1. The van der Waals surface area contributed by atoms with E-state index in [1.807, 2.05) is 34.9 Å². The highest BCUT2D eigenvalue weighted by molar-refractivity contribution is 7.99. The lowest BCUT2D eigenvalue weighted by atomic mass is 10.1. The minimum absolute atomic E-state index is 0.00747. The van der Waals surface area contributed by atoms with E-state index in [2.05, 4.69) is 22.1 Å². The van der Waals surface area contributed by atoms with Crippen LogP contribution in [0.2, 0.25) is 0 Å². The number of methoxy groups -OCH3 is 1. The largest absolute Gasteiger partial charge is 0.465 e. The molecule has 0 atom stereocenters. The number of carbonyl (C=O) groups excluding carboxylic acids is 3. The van der Waals surface area contributed by atoms with Gasteiger partial charge in [0.15, 0.2) is 11.0 Å². The molecule has 0 spiro atoms. The first kappa shape index (κ1) is 23.2. The maximum absolute atomic E-state index is 12.6. The molecule has 11 heteroatoms. The average molecular weight is 472 g/mol. The summed E-state index contributed by atoms with van der Waals surface area (Å²) in [5, 5.41) is 11.9. The number of nitrogens with zero attached hydrogens (tertiary/aromatic N) is 3. The van der Waals surface area contributed by atoms with Crippen molar-refractivity contribution in [2.45, 2.75) is 18.6 Å². The molecule has 2 amide bonds. The third kappa shape index (κ3) is 4.89. The van der Waals surface area contributed by atoms with Gasteiger partial charge in [-0.2, -0.15) is 0 Å². The average Bonchev–Trinajstić information content (AvgIpc) is 3.33. The maximum atomic E-state index is 12.6. The van der Waals surface area contributed by atoms with Gasteiger partial charge in [0.1, 0.15) is 5.00 Å². The highest BCUT2D eigenvalue weighted by Crippen LogP contribution is 2.33. The number of anilines is 1. The molecule has 2 aromatic heterocycles. The Morgan fingerprint density at radius 1 is 1.28 bits per heavy atom. The van der Waals surface area contributed by atoms with Crippen LogP contribution in [0.1, 0.15) is 25.6 Å². The van der Waals surface area contributed by atoms with Gasteiger partial charge in [0, 0.05) is 12.1 Å². The van der Waals surface area contributed by atoms with Crippen molar-refractivity contribution in [3.05, 3.63) is 59.0 Å². The highest BCUT2D eigenvalue weighted by atomic mass is 32.2. The van der Waals surface area contributed by atoms with Crippen molar-refractivity contribution in [3.63, 3.8) is 0 Å². The van der Waals surface area contributed by atoms with Gasteiger partial charge >= 0.3 is 5.97 Å². The van der Waals surface area contributed by atoms with Gasteiger partial charge in [0.2, 0.25) is 5.91 Å². The van der Waals surface area contributed by atoms with Gasteiger partial charge < -0.3 is 15.8 Å². The molecule has 0 aliphatic rings. The number of esters is 1. The van der Waals surface area contributed by atoms with Gasteiger partial charge in [-0.05, 0) is 12.5 Å². The molecule has 1 aromatic carbocycles. The molecular weight excluding hydrogens is 450 g/mol. The second kappa shape index (κ2) is 10.2. The molecule has 3 rings (SSSR count). The zero-order valence-electron chi connectivity index (χ0n) is 17.5. The first-order valence-corrected chi connectivity index (χ1v) is 11.2. The predicted octanol–water partition coefficient (Wildman–Crippen LogP) is 3.12. The summed E-state index contributed by atoms with van der Waals surface area (Å²) in [5.74, 6) is -1.05. The summed E-state index contributed by atoms with van der Waals surface area (Å²) in [4.78, 5) is 36.6. The molecule has 0 radical (unpaired) electrons. The van der Waals surface area contributed by atoms with E-state index in [4.69, 9.17) is 10.5 Å². The van der Waals surface area contributed by atoms with Crippen molar-refractivity contribution in [2.24, 2.45) is 5.73 Å². The molecule has 0 bridgehead atoms. The fourth-order valence-electron chi connectivity index (χ4n) is 2.97. The molecule has 3 N–H and O–H groups in total. The van der Waals surface area contributed by atoms with Gasteiger partial charge in [-0.15, -0.1) is 28.1 Å². The number of benzene rings is 1. The Morgan fingerprint density at radius 3 is 2.62 bits per heavy atom. The number of carbonyl (C=O) groups is 3. The highest BCUT2D eigenvalue weighted by Gasteiger charge is 2.25. The fourth-order valence-corrected chi connectivity index (χ4v) is 4.78. The van der Waals surface area contributed by atoms with Crippen molar-refractivity contribution in [1.29, 1.82) is 0 Å². The third-order valence-corrected chi connectivity index (χ3v) is 6.59. The minimum Gasteiger partial charge on any atom is -0.465 e. The van der Waals surface area contributed by atoms with Crippen LogP contribution in [0.5, 0.6) is 0 Å². The van der Waals surface area contributed by atoms with Crippen molar-refractivity contribution in [2.75, 3.05) is 18.2 Å². The van der Waals surface area contributed by atoms with Crippen LogP contribution in [-0.4, -0.2) is 45.4 Å². The molecule has 32 heavy (non-hydrogen) atoms. The van der Waals surface area contributed by atoms with Crippen molar-refractivity contribution in [1.82, 2.24) is 14.8 Å². The SMILES string of the molecule is C=CCn1c(SCC(=O)Nc2sc(C(N)=O)c(C)c2C(=O)OC)nnc1-c1ccccc1.